The molecule has 4 aromatic rings. The van der Waals surface area contributed by atoms with Gasteiger partial charge in [0.2, 0.25) is 5.91 Å². The highest BCUT2D eigenvalue weighted by atomic mass is 35.5. The third-order valence-corrected chi connectivity index (χ3v) is 8.22. The number of rotatable bonds is 6. The second-order valence-electron chi connectivity index (χ2n) is 8.46. The highest BCUT2D eigenvalue weighted by molar-refractivity contribution is 7.93. The van der Waals surface area contributed by atoms with Crippen LogP contribution >= 0.6 is 11.6 Å². The van der Waals surface area contributed by atoms with Crippen LogP contribution in [0.1, 0.15) is 43.1 Å². The Bertz CT molecular complexity index is 1580. The summed E-state index contributed by atoms with van der Waals surface area (Å²) >= 11 is 6.18. The number of halogens is 1. The monoisotopic (exact) mass is 553 g/mol. The first-order valence-corrected chi connectivity index (χ1v) is 13.9. The number of fused-ring (bicyclic) bond motifs is 2. The number of anilines is 1. The van der Waals surface area contributed by atoms with Gasteiger partial charge in [-0.25, -0.2) is 13.9 Å². The normalized spacial score (nSPS) is 15.4. The van der Waals surface area contributed by atoms with Crippen LogP contribution in [0.15, 0.2) is 77.7 Å². The van der Waals surface area contributed by atoms with Crippen LogP contribution in [0, 0.1) is 6.92 Å². The Kier molecular flexibility index (Phi) is 8.20. The number of sulfonamides is 1. The first-order chi connectivity index (χ1) is 18.3. The Morgan fingerprint density at radius 3 is 2.50 bits per heavy atom. The van der Waals surface area contributed by atoms with E-state index in [-0.39, 0.29) is 17.9 Å². The van der Waals surface area contributed by atoms with Gasteiger partial charge in [0.15, 0.2) is 0 Å². The SMILES string of the molecule is CC.Cc1cc(COc2ccc(N3C(CC(=O)NO)c4ccccc4S3(=O)=O)cc2)c2cc(Cl)ccc2n1. The van der Waals surface area contributed by atoms with Crippen molar-refractivity contribution in [2.75, 3.05) is 4.31 Å². The molecule has 38 heavy (non-hydrogen) atoms. The maximum absolute atomic E-state index is 13.3. The summed E-state index contributed by atoms with van der Waals surface area (Å²) in [4.78, 5) is 16.6. The standard InChI is InChI=1S/C26H22ClN3O5S.C2H6/c1-16-12-17(22-13-18(27)6-11-23(22)28-16)15-35-20-9-7-19(8-10-20)30-24(14-26(31)29-32)21-4-2-3-5-25(21)36(30,33)34;1-2/h2-13,24,32H,14-15H2,1H3,(H,29,31);1-2H3. The maximum Gasteiger partial charge on any atom is 0.265 e. The number of hydrogen-bond donors (Lipinski definition) is 2. The van der Waals surface area contributed by atoms with Gasteiger partial charge in [0, 0.05) is 21.7 Å². The molecule has 1 unspecified atom stereocenters. The molecule has 0 saturated heterocycles. The van der Waals surface area contributed by atoms with E-state index in [1.807, 2.05) is 39.0 Å². The Hall–Kier alpha value is -3.66. The lowest BCUT2D eigenvalue weighted by atomic mass is 10.0. The Morgan fingerprint density at radius 2 is 1.79 bits per heavy atom. The molecule has 0 aliphatic carbocycles. The van der Waals surface area contributed by atoms with Gasteiger partial charge in [-0.15, -0.1) is 0 Å². The van der Waals surface area contributed by atoms with Crippen molar-refractivity contribution in [2.24, 2.45) is 0 Å². The first-order valence-electron chi connectivity index (χ1n) is 12.1. The highest BCUT2D eigenvalue weighted by Crippen LogP contribution is 2.44. The number of aromatic nitrogens is 1. The molecule has 2 heterocycles. The summed E-state index contributed by atoms with van der Waals surface area (Å²) in [7, 11) is -3.89. The van der Waals surface area contributed by atoms with Crippen LogP contribution in [0.4, 0.5) is 5.69 Å². The number of pyridine rings is 1. The quantitative estimate of drug-likeness (QED) is 0.226. The van der Waals surface area contributed by atoms with E-state index in [9.17, 15) is 13.2 Å². The summed E-state index contributed by atoms with van der Waals surface area (Å²) in [5.74, 6) is -0.140. The van der Waals surface area contributed by atoms with Crippen LogP contribution in [0.5, 0.6) is 5.75 Å². The number of benzene rings is 3. The van der Waals surface area contributed by atoms with Crippen LogP contribution in [0.25, 0.3) is 10.9 Å². The van der Waals surface area contributed by atoms with Crippen molar-refractivity contribution in [1.29, 1.82) is 0 Å². The van der Waals surface area contributed by atoms with E-state index in [1.54, 1.807) is 54.0 Å². The molecule has 1 aliphatic heterocycles. The Morgan fingerprint density at radius 1 is 1.08 bits per heavy atom. The van der Waals surface area contributed by atoms with Crippen molar-refractivity contribution in [3.05, 3.63) is 94.6 Å². The fourth-order valence-corrected chi connectivity index (χ4v) is 6.57. The minimum Gasteiger partial charge on any atom is -0.489 e. The number of ether oxygens (including phenoxy) is 1. The van der Waals surface area contributed by atoms with E-state index >= 15 is 0 Å². The van der Waals surface area contributed by atoms with E-state index in [1.165, 1.54) is 10.4 Å². The highest BCUT2D eigenvalue weighted by Gasteiger charge is 2.43. The largest absolute Gasteiger partial charge is 0.489 e. The number of amides is 1. The molecule has 0 saturated carbocycles. The van der Waals surface area contributed by atoms with Crippen LogP contribution in [0.2, 0.25) is 5.02 Å². The first kappa shape index (κ1) is 27.4. The zero-order valence-corrected chi connectivity index (χ0v) is 22.8. The van der Waals surface area contributed by atoms with Gasteiger partial charge >= 0.3 is 0 Å². The fraction of sp³-hybridized carbons (Fsp3) is 0.214. The number of nitrogens with one attached hydrogen (secondary N) is 1. The van der Waals surface area contributed by atoms with Crippen LogP contribution in [-0.2, 0) is 21.4 Å². The van der Waals surface area contributed by atoms with Crippen molar-refractivity contribution >= 4 is 44.1 Å². The summed E-state index contributed by atoms with van der Waals surface area (Å²) in [6.07, 6.45) is -0.234. The molecule has 2 N–H and O–H groups in total. The minimum absolute atomic E-state index is 0.139. The average molecular weight is 554 g/mol. The van der Waals surface area contributed by atoms with Gasteiger partial charge < -0.3 is 4.74 Å². The van der Waals surface area contributed by atoms with Crippen LogP contribution in [-0.4, -0.2) is 24.5 Å². The molecule has 0 fully saturated rings. The van der Waals surface area contributed by atoms with Crippen molar-refractivity contribution in [3.63, 3.8) is 0 Å². The summed E-state index contributed by atoms with van der Waals surface area (Å²) in [6, 6.07) is 19.8. The van der Waals surface area contributed by atoms with Crippen molar-refractivity contribution in [2.45, 2.75) is 44.7 Å². The zero-order valence-electron chi connectivity index (χ0n) is 21.2. The van der Waals surface area contributed by atoms with Crippen molar-refractivity contribution in [1.82, 2.24) is 10.5 Å². The van der Waals surface area contributed by atoms with Gasteiger partial charge in [0.1, 0.15) is 12.4 Å². The smallest absolute Gasteiger partial charge is 0.265 e. The molecule has 198 valence electrons. The number of nitrogens with zero attached hydrogens (tertiary/aromatic N) is 2. The molecule has 8 nitrogen and oxygen atoms in total. The molecule has 10 heteroatoms. The zero-order chi connectivity index (χ0) is 27.4. The molecule has 0 spiro atoms. The van der Waals surface area contributed by atoms with E-state index in [0.29, 0.717) is 22.0 Å². The summed E-state index contributed by atoms with van der Waals surface area (Å²) in [5, 5.41) is 10.5. The predicted molar refractivity (Wildman–Crippen MR) is 147 cm³/mol. The maximum atomic E-state index is 13.3. The Balaban J connectivity index is 0.00000164. The third-order valence-electron chi connectivity index (χ3n) is 6.07. The van der Waals surface area contributed by atoms with Gasteiger partial charge in [-0.3, -0.25) is 19.3 Å². The van der Waals surface area contributed by atoms with E-state index in [4.69, 9.17) is 21.5 Å². The molecular weight excluding hydrogens is 526 g/mol. The molecule has 0 radical (unpaired) electrons. The van der Waals surface area contributed by atoms with Gasteiger partial charge in [0.05, 0.1) is 28.6 Å². The molecule has 1 aliphatic rings. The molecule has 1 aromatic heterocycles. The van der Waals surface area contributed by atoms with E-state index < -0.39 is 22.0 Å². The summed E-state index contributed by atoms with van der Waals surface area (Å²) in [5.41, 5.74) is 5.08. The topological polar surface area (TPSA) is 109 Å². The number of carbonyl (C=O) groups excluding carboxylic acids is 1. The third kappa shape index (κ3) is 5.31. The molecule has 1 amide bonds. The molecular formula is C28H28ClN3O5S. The summed E-state index contributed by atoms with van der Waals surface area (Å²) < 4.78 is 33.9. The van der Waals surface area contributed by atoms with E-state index in [0.717, 1.165) is 22.2 Å². The average Bonchev–Trinajstić information content (AvgIpc) is 3.15. The fourth-order valence-electron chi connectivity index (χ4n) is 4.51. The van der Waals surface area contributed by atoms with E-state index in [2.05, 4.69) is 4.98 Å². The van der Waals surface area contributed by atoms with Crippen molar-refractivity contribution in [3.8, 4) is 5.75 Å². The van der Waals surface area contributed by atoms with Gasteiger partial charge in [0.25, 0.3) is 10.0 Å². The summed E-state index contributed by atoms with van der Waals surface area (Å²) in [6.45, 7) is 6.18. The van der Waals surface area contributed by atoms with Gasteiger partial charge in [-0.2, -0.15) is 0 Å². The lowest BCUT2D eigenvalue weighted by molar-refractivity contribution is -0.129. The van der Waals surface area contributed by atoms with Crippen molar-refractivity contribution < 1.29 is 23.2 Å². The molecule has 1 atom stereocenters. The predicted octanol–water partition coefficient (Wildman–Crippen LogP) is 5.95. The number of hydrogen-bond acceptors (Lipinski definition) is 6. The minimum atomic E-state index is -3.89. The van der Waals surface area contributed by atoms with Gasteiger partial charge in [-0.05, 0) is 67.1 Å². The number of carbonyl (C=O) groups is 1. The second kappa shape index (κ2) is 11.4. The second-order valence-corrected chi connectivity index (χ2v) is 10.7. The number of hydroxylamine groups is 1. The molecule has 0 bridgehead atoms. The molecule has 5 rings (SSSR count). The van der Waals surface area contributed by atoms with Crippen LogP contribution < -0.4 is 14.5 Å². The lowest BCUT2D eigenvalue weighted by Gasteiger charge is -2.25. The van der Waals surface area contributed by atoms with Crippen LogP contribution in [0.3, 0.4) is 0 Å². The number of aryl methyl sites for hydroxylation is 1. The van der Waals surface area contributed by atoms with Gasteiger partial charge in [-0.1, -0.05) is 43.6 Å². The molecule has 3 aromatic carbocycles. The lowest BCUT2D eigenvalue weighted by Crippen LogP contribution is -2.32. The Labute approximate surface area is 226 Å².